The van der Waals surface area contributed by atoms with Crippen LogP contribution in [0.5, 0.6) is 0 Å². The fourth-order valence-corrected chi connectivity index (χ4v) is 3.68. The van der Waals surface area contributed by atoms with Crippen LogP contribution in [-0.2, 0) is 25.4 Å². The van der Waals surface area contributed by atoms with Crippen LogP contribution in [0, 0.1) is 5.92 Å². The maximum absolute atomic E-state index is 13.3. The van der Waals surface area contributed by atoms with E-state index in [0.717, 1.165) is 5.56 Å². The van der Waals surface area contributed by atoms with Gasteiger partial charge in [-0.1, -0.05) is 36.4 Å². The van der Waals surface area contributed by atoms with E-state index in [9.17, 15) is 4.79 Å². The number of hydrogen-bond donors (Lipinski definition) is 0. The van der Waals surface area contributed by atoms with E-state index in [1.165, 1.54) is 0 Å². The third-order valence-electron chi connectivity index (χ3n) is 4.71. The Hall–Kier alpha value is -1.76. The van der Waals surface area contributed by atoms with Gasteiger partial charge in [0.05, 0.1) is 25.2 Å². The average molecular weight is 361 g/mol. The molecule has 1 aromatic carbocycles. The monoisotopic (exact) mass is 361 g/mol. The summed E-state index contributed by atoms with van der Waals surface area (Å²) in [7, 11) is 0. The number of benzene rings is 1. The van der Waals surface area contributed by atoms with Gasteiger partial charge in [0.1, 0.15) is 6.61 Å². The van der Waals surface area contributed by atoms with Crippen LogP contribution in [0.15, 0.2) is 43.0 Å². The van der Waals surface area contributed by atoms with Crippen molar-refractivity contribution in [3.63, 3.8) is 0 Å². The summed E-state index contributed by atoms with van der Waals surface area (Å²) in [4.78, 5) is 14.9. The summed E-state index contributed by atoms with van der Waals surface area (Å²) >= 11 is 5.30. The Morgan fingerprint density at radius 2 is 2.08 bits per heavy atom. The predicted molar refractivity (Wildman–Crippen MR) is 97.9 cm³/mol. The lowest BCUT2D eigenvalue weighted by Gasteiger charge is -2.34. The first-order valence-electron chi connectivity index (χ1n) is 8.47. The second-order valence-corrected chi connectivity index (χ2v) is 6.77. The molecule has 2 heterocycles. The zero-order valence-electron chi connectivity index (χ0n) is 14.3. The van der Waals surface area contributed by atoms with Crippen molar-refractivity contribution in [3.05, 3.63) is 48.6 Å². The number of hydrogen-bond acceptors (Lipinski definition) is 5. The van der Waals surface area contributed by atoms with E-state index in [4.69, 9.17) is 26.4 Å². The molecule has 0 aliphatic carbocycles. The second-order valence-electron chi connectivity index (χ2n) is 6.42. The molecule has 0 radical (unpaired) electrons. The Kier molecular flexibility index (Phi) is 5.51. The molecule has 2 atom stereocenters. The van der Waals surface area contributed by atoms with E-state index in [1.54, 1.807) is 17.9 Å². The molecule has 1 aromatic rings. The smallest absolute Gasteiger partial charge is 0.266 e. The molecule has 2 saturated heterocycles. The first-order valence-corrected chi connectivity index (χ1v) is 8.88. The van der Waals surface area contributed by atoms with Crippen molar-refractivity contribution in [2.75, 3.05) is 19.8 Å². The molecular weight excluding hydrogens is 338 g/mol. The highest BCUT2D eigenvalue weighted by molar-refractivity contribution is 7.80. The van der Waals surface area contributed by atoms with E-state index in [2.05, 4.69) is 6.58 Å². The van der Waals surface area contributed by atoms with Gasteiger partial charge in [-0.2, -0.15) is 0 Å². The predicted octanol–water partition coefficient (Wildman–Crippen LogP) is 2.70. The first kappa shape index (κ1) is 18.0. The van der Waals surface area contributed by atoms with Gasteiger partial charge in [0.25, 0.3) is 5.17 Å². The Balaban J connectivity index is 1.81. The van der Waals surface area contributed by atoms with Crippen molar-refractivity contribution in [2.45, 2.75) is 31.6 Å². The number of allylic oxidation sites excluding steroid dienone is 1. The molecule has 5 nitrogen and oxygen atoms in total. The number of amides is 1. The standard InChI is InChI=1S/C19H23NO4S/c1-3-7-16(19(2)23-10-11-24-19)17(21)20-15(13-22-18(20)25)12-14-8-5-4-6-9-14/h3-6,8-9,15-16H,1,7,10-13H2,2H3/t15-,16-/m0/s1. The number of carbonyl (C=O) groups excluding carboxylic acids is 1. The van der Waals surface area contributed by atoms with Crippen molar-refractivity contribution in [2.24, 2.45) is 5.92 Å². The van der Waals surface area contributed by atoms with Gasteiger partial charge in [-0.15, -0.1) is 6.58 Å². The van der Waals surface area contributed by atoms with Crippen molar-refractivity contribution in [1.29, 1.82) is 0 Å². The van der Waals surface area contributed by atoms with Crippen molar-refractivity contribution in [1.82, 2.24) is 4.90 Å². The highest BCUT2D eigenvalue weighted by atomic mass is 32.1. The summed E-state index contributed by atoms with van der Waals surface area (Å²) in [6.07, 6.45) is 2.85. The molecule has 134 valence electrons. The largest absolute Gasteiger partial charge is 0.468 e. The van der Waals surface area contributed by atoms with E-state index >= 15 is 0 Å². The van der Waals surface area contributed by atoms with E-state index < -0.39 is 11.7 Å². The summed E-state index contributed by atoms with van der Waals surface area (Å²) in [6.45, 7) is 6.93. The van der Waals surface area contributed by atoms with Gasteiger partial charge in [0.15, 0.2) is 5.79 Å². The fraction of sp³-hybridized carbons (Fsp3) is 0.474. The number of nitrogens with zero attached hydrogens (tertiary/aromatic N) is 1. The molecule has 0 bridgehead atoms. The molecule has 2 aliphatic heterocycles. The van der Waals surface area contributed by atoms with Crippen LogP contribution in [0.4, 0.5) is 0 Å². The summed E-state index contributed by atoms with van der Waals surface area (Å²) in [5, 5.41) is 0.224. The normalized spacial score (nSPS) is 23.3. The summed E-state index contributed by atoms with van der Waals surface area (Å²) in [5.74, 6) is -1.60. The third kappa shape index (κ3) is 3.76. The van der Waals surface area contributed by atoms with Crippen LogP contribution in [0.2, 0.25) is 0 Å². The number of thiocarbonyl (C=S) groups is 1. The maximum Gasteiger partial charge on any atom is 0.266 e. The minimum absolute atomic E-state index is 0.125. The fourth-order valence-electron chi connectivity index (χ4n) is 3.37. The van der Waals surface area contributed by atoms with Crippen LogP contribution in [0.3, 0.4) is 0 Å². The van der Waals surface area contributed by atoms with Crippen molar-refractivity contribution >= 4 is 23.3 Å². The van der Waals surface area contributed by atoms with Crippen molar-refractivity contribution in [3.8, 4) is 0 Å². The molecule has 0 N–H and O–H groups in total. The molecule has 0 saturated carbocycles. The van der Waals surface area contributed by atoms with Crippen LogP contribution >= 0.6 is 12.2 Å². The molecule has 6 heteroatoms. The van der Waals surface area contributed by atoms with Gasteiger partial charge >= 0.3 is 0 Å². The van der Waals surface area contributed by atoms with Gasteiger partial charge < -0.3 is 14.2 Å². The summed E-state index contributed by atoms with van der Waals surface area (Å²) in [5.41, 5.74) is 1.14. The molecule has 2 aliphatic rings. The Labute approximate surface area is 153 Å². The first-order chi connectivity index (χ1) is 12.0. The lowest BCUT2D eigenvalue weighted by molar-refractivity contribution is -0.190. The molecule has 0 unspecified atom stereocenters. The van der Waals surface area contributed by atoms with Gasteiger partial charge in [0, 0.05) is 0 Å². The molecular formula is C19H23NO4S. The quantitative estimate of drug-likeness (QED) is 0.576. The Bertz CT molecular complexity index is 642. The maximum atomic E-state index is 13.3. The molecule has 0 aromatic heterocycles. The lowest BCUT2D eigenvalue weighted by atomic mass is 9.93. The minimum atomic E-state index is -0.958. The zero-order valence-corrected chi connectivity index (χ0v) is 15.2. The van der Waals surface area contributed by atoms with Crippen LogP contribution in [0.1, 0.15) is 18.9 Å². The van der Waals surface area contributed by atoms with Crippen LogP contribution in [0.25, 0.3) is 0 Å². The number of ether oxygens (including phenoxy) is 3. The Morgan fingerprint density at radius 1 is 1.40 bits per heavy atom. The molecule has 3 rings (SSSR count). The topological polar surface area (TPSA) is 48.0 Å². The highest BCUT2D eigenvalue weighted by Gasteiger charge is 2.48. The van der Waals surface area contributed by atoms with Gasteiger partial charge in [-0.05, 0) is 37.5 Å². The van der Waals surface area contributed by atoms with Crippen molar-refractivity contribution < 1.29 is 19.0 Å². The minimum Gasteiger partial charge on any atom is -0.468 e. The molecule has 2 fully saturated rings. The highest BCUT2D eigenvalue weighted by Crippen LogP contribution is 2.34. The molecule has 25 heavy (non-hydrogen) atoms. The molecule has 0 spiro atoms. The van der Waals surface area contributed by atoms with Gasteiger partial charge in [0.2, 0.25) is 5.91 Å². The lowest BCUT2D eigenvalue weighted by Crippen LogP contribution is -2.50. The summed E-state index contributed by atoms with van der Waals surface area (Å²) in [6, 6.07) is 9.89. The van der Waals surface area contributed by atoms with E-state index in [1.807, 2.05) is 30.3 Å². The molecule has 1 amide bonds. The van der Waals surface area contributed by atoms with Gasteiger partial charge in [-0.25, -0.2) is 0 Å². The SMILES string of the molecule is C=CC[C@@H](C(=O)N1C(=S)OC[C@@H]1Cc1ccccc1)C1(C)OCCO1. The zero-order chi connectivity index (χ0) is 17.9. The van der Waals surface area contributed by atoms with E-state index in [-0.39, 0.29) is 17.1 Å². The van der Waals surface area contributed by atoms with E-state index in [0.29, 0.717) is 32.7 Å². The third-order valence-corrected chi connectivity index (χ3v) is 5.02. The number of rotatable bonds is 6. The number of carbonyl (C=O) groups is 1. The van der Waals surface area contributed by atoms with Gasteiger partial charge in [-0.3, -0.25) is 9.69 Å². The van der Waals surface area contributed by atoms with Crippen LogP contribution in [-0.4, -0.2) is 47.6 Å². The Morgan fingerprint density at radius 3 is 2.72 bits per heavy atom. The second kappa shape index (κ2) is 7.64. The van der Waals surface area contributed by atoms with Crippen LogP contribution < -0.4 is 0 Å². The average Bonchev–Trinajstić information content (AvgIpc) is 3.20. The summed E-state index contributed by atoms with van der Waals surface area (Å²) < 4.78 is 17.0.